The maximum atomic E-state index is 12.4. The lowest BCUT2D eigenvalue weighted by Gasteiger charge is -2.14. The molecule has 0 fully saturated rings. The number of aromatic hydroxyl groups is 2. The van der Waals surface area contributed by atoms with Crippen LogP contribution in [0.1, 0.15) is 5.56 Å². The zero-order valence-corrected chi connectivity index (χ0v) is 28.5. The van der Waals surface area contributed by atoms with Crippen molar-refractivity contribution in [1.29, 1.82) is 0 Å². The molecule has 0 atom stereocenters. The molecule has 0 saturated heterocycles. The summed E-state index contributed by atoms with van der Waals surface area (Å²) in [5.74, 6) is -0.735. The van der Waals surface area contributed by atoms with Crippen LogP contribution in [0.2, 0.25) is 0 Å². The number of nitrogens with zero attached hydrogens (tertiary/aromatic N) is 6. The van der Waals surface area contributed by atoms with Gasteiger partial charge in [-0.15, -0.1) is 10.2 Å². The van der Waals surface area contributed by atoms with E-state index in [9.17, 15) is 36.2 Å². The van der Waals surface area contributed by atoms with E-state index < -0.39 is 52.8 Å². The van der Waals surface area contributed by atoms with Crippen LogP contribution < -0.4 is 5.73 Å². The standard InChI is InChI=1S/C35H27N7O8S2/c1-20-2-8-24(9-3-20)39-41-33-29(51(45,46)47)18-23-19-30(52(48,49)50)34(35(44)31(23)32(33)36)42-40-26-12-6-22(7-13-26)21-4-10-25(11-5-21)37-38-27-14-16-28(43)17-15-27/h2-19,43-44H,36H2,1H3,(H,45,46,47)(H,48,49,50). The first kappa shape index (κ1) is 35.4. The van der Waals surface area contributed by atoms with E-state index >= 15 is 0 Å². The van der Waals surface area contributed by atoms with Crippen molar-refractivity contribution in [2.45, 2.75) is 16.7 Å². The van der Waals surface area contributed by atoms with Crippen LogP contribution in [0.4, 0.5) is 39.8 Å². The van der Waals surface area contributed by atoms with Gasteiger partial charge in [-0.3, -0.25) is 9.11 Å². The number of rotatable bonds is 9. The highest BCUT2D eigenvalue weighted by molar-refractivity contribution is 7.86. The molecule has 0 aliphatic rings. The first-order valence-electron chi connectivity index (χ1n) is 15.1. The Bertz CT molecular complexity index is 2630. The van der Waals surface area contributed by atoms with Crippen molar-refractivity contribution in [2.75, 3.05) is 5.73 Å². The lowest BCUT2D eigenvalue weighted by atomic mass is 10.0. The number of aryl methyl sites for hydroxylation is 1. The maximum absolute atomic E-state index is 12.4. The number of nitrogen functional groups attached to an aromatic ring is 1. The lowest BCUT2D eigenvalue weighted by molar-refractivity contribution is 0.472. The first-order chi connectivity index (χ1) is 24.7. The number of phenolic OH excluding ortho intramolecular Hbond substituents is 2. The highest BCUT2D eigenvalue weighted by Gasteiger charge is 2.28. The number of anilines is 1. The Morgan fingerprint density at radius 1 is 0.519 bits per heavy atom. The number of azo groups is 3. The molecule has 0 amide bonds. The second-order valence-electron chi connectivity index (χ2n) is 11.3. The smallest absolute Gasteiger partial charge is 0.296 e. The van der Waals surface area contributed by atoms with Gasteiger partial charge in [-0.05, 0) is 96.2 Å². The molecular weight excluding hydrogens is 711 g/mol. The number of hydrogen-bond donors (Lipinski definition) is 5. The SMILES string of the molecule is Cc1ccc(N=Nc2c(S(=O)(=O)O)cc3cc(S(=O)(=O)O)c(N=Nc4ccc(-c5ccc(N=Nc6ccc(O)cc6)cc5)cc4)c(O)c3c2N)cc1. The molecule has 17 heteroatoms. The first-order valence-corrected chi connectivity index (χ1v) is 17.9. The molecule has 0 saturated carbocycles. The average Bonchev–Trinajstić information content (AvgIpc) is 3.10. The van der Waals surface area contributed by atoms with Gasteiger partial charge in [-0.2, -0.15) is 37.3 Å². The van der Waals surface area contributed by atoms with Gasteiger partial charge < -0.3 is 15.9 Å². The molecule has 6 rings (SSSR count). The molecule has 0 heterocycles. The van der Waals surface area contributed by atoms with Crippen LogP contribution in [-0.4, -0.2) is 36.2 Å². The number of phenols is 2. The summed E-state index contributed by atoms with van der Waals surface area (Å²) in [4.78, 5) is -1.73. The highest BCUT2D eigenvalue weighted by atomic mass is 32.2. The van der Waals surface area contributed by atoms with Gasteiger partial charge in [0.1, 0.15) is 26.9 Å². The summed E-state index contributed by atoms with van der Waals surface area (Å²) in [5.41, 5.74) is 8.88. The number of nitrogens with two attached hydrogens (primary N) is 1. The van der Waals surface area contributed by atoms with Crippen molar-refractivity contribution >= 4 is 70.8 Å². The van der Waals surface area contributed by atoms with E-state index in [0.717, 1.165) is 28.8 Å². The molecule has 262 valence electrons. The van der Waals surface area contributed by atoms with Gasteiger partial charge in [0.15, 0.2) is 5.75 Å². The molecule has 0 spiro atoms. The summed E-state index contributed by atoms with van der Waals surface area (Å²) in [6.45, 7) is 1.85. The van der Waals surface area contributed by atoms with Crippen LogP contribution in [0.25, 0.3) is 21.9 Å². The summed E-state index contributed by atoms with van der Waals surface area (Å²) in [5, 5.41) is 44.4. The minimum absolute atomic E-state index is 0.127. The monoisotopic (exact) mass is 737 g/mol. The third-order valence-corrected chi connectivity index (χ3v) is 9.37. The van der Waals surface area contributed by atoms with Gasteiger partial charge in [-0.25, -0.2) is 0 Å². The Morgan fingerprint density at radius 2 is 0.885 bits per heavy atom. The molecule has 52 heavy (non-hydrogen) atoms. The third kappa shape index (κ3) is 7.82. The number of hydrogen-bond acceptors (Lipinski definition) is 13. The average molecular weight is 738 g/mol. The molecule has 6 aromatic carbocycles. The van der Waals surface area contributed by atoms with Crippen LogP contribution in [-0.2, 0) is 20.2 Å². The topological polar surface area (TPSA) is 249 Å². The fourth-order valence-corrected chi connectivity index (χ4v) is 6.34. The molecule has 0 bridgehead atoms. The minimum atomic E-state index is -5.07. The predicted octanol–water partition coefficient (Wildman–Crippen LogP) is 9.55. The summed E-state index contributed by atoms with van der Waals surface area (Å²) in [6, 6.07) is 28.5. The lowest BCUT2D eigenvalue weighted by Crippen LogP contribution is -2.03. The number of benzene rings is 6. The van der Waals surface area contributed by atoms with E-state index in [2.05, 4.69) is 30.7 Å². The van der Waals surface area contributed by atoms with Gasteiger partial charge in [0, 0.05) is 0 Å². The van der Waals surface area contributed by atoms with Gasteiger partial charge in [0.2, 0.25) is 0 Å². The van der Waals surface area contributed by atoms with Crippen LogP contribution >= 0.6 is 0 Å². The van der Waals surface area contributed by atoms with Crippen molar-refractivity contribution in [1.82, 2.24) is 0 Å². The fourth-order valence-electron chi connectivity index (χ4n) is 5.01. The van der Waals surface area contributed by atoms with Crippen molar-refractivity contribution in [2.24, 2.45) is 30.7 Å². The highest BCUT2D eigenvalue weighted by Crippen LogP contribution is 2.48. The molecule has 15 nitrogen and oxygen atoms in total. The Morgan fingerprint density at radius 3 is 1.33 bits per heavy atom. The summed E-state index contributed by atoms with van der Waals surface area (Å²) < 4.78 is 69.5. The van der Waals surface area contributed by atoms with Crippen LogP contribution in [0.3, 0.4) is 0 Å². The van der Waals surface area contributed by atoms with Crippen LogP contribution in [0.15, 0.2) is 150 Å². The second-order valence-corrected chi connectivity index (χ2v) is 14.1. The van der Waals surface area contributed by atoms with Crippen LogP contribution in [0.5, 0.6) is 11.5 Å². The summed E-state index contributed by atoms with van der Waals surface area (Å²) >= 11 is 0. The molecule has 0 unspecified atom stereocenters. The van der Waals surface area contributed by atoms with Gasteiger partial charge >= 0.3 is 0 Å². The minimum Gasteiger partial charge on any atom is -0.508 e. The largest absolute Gasteiger partial charge is 0.508 e. The Hall–Kier alpha value is -6.40. The predicted molar refractivity (Wildman–Crippen MR) is 193 cm³/mol. The molecular formula is C35H27N7O8S2. The number of fused-ring (bicyclic) bond motifs is 1. The van der Waals surface area contributed by atoms with E-state index in [1.54, 1.807) is 72.8 Å². The molecule has 6 aromatic rings. The van der Waals surface area contributed by atoms with Crippen molar-refractivity contribution in [3.8, 4) is 22.6 Å². The normalized spacial score (nSPS) is 12.4. The quantitative estimate of drug-likeness (QED) is 0.0537. The fraction of sp³-hybridized carbons (Fsp3) is 0.0286. The van der Waals surface area contributed by atoms with Gasteiger partial charge in [0.05, 0.1) is 33.8 Å². The molecule has 0 aromatic heterocycles. The van der Waals surface area contributed by atoms with E-state index in [1.165, 1.54) is 12.1 Å². The summed E-state index contributed by atoms with van der Waals surface area (Å²) in [7, 11) is -10.1. The Balaban J connectivity index is 1.34. The Labute approximate surface area is 296 Å². The van der Waals surface area contributed by atoms with E-state index in [-0.39, 0.29) is 22.2 Å². The van der Waals surface area contributed by atoms with E-state index in [4.69, 9.17) is 5.73 Å². The molecule has 0 aliphatic heterocycles. The molecule has 0 radical (unpaired) electrons. The molecule has 0 aliphatic carbocycles. The van der Waals surface area contributed by atoms with E-state index in [0.29, 0.717) is 17.1 Å². The second kappa shape index (κ2) is 14.1. The van der Waals surface area contributed by atoms with Crippen LogP contribution in [0, 0.1) is 6.92 Å². The third-order valence-electron chi connectivity index (χ3n) is 7.63. The summed E-state index contributed by atoms with van der Waals surface area (Å²) in [6.07, 6.45) is 0. The zero-order chi connectivity index (χ0) is 37.2. The Kier molecular flexibility index (Phi) is 9.59. The van der Waals surface area contributed by atoms with Gasteiger partial charge in [0.25, 0.3) is 20.2 Å². The van der Waals surface area contributed by atoms with Crippen molar-refractivity contribution in [3.63, 3.8) is 0 Å². The zero-order valence-electron chi connectivity index (χ0n) is 26.9. The van der Waals surface area contributed by atoms with Gasteiger partial charge in [-0.1, -0.05) is 42.0 Å². The van der Waals surface area contributed by atoms with E-state index in [1.807, 2.05) is 19.1 Å². The van der Waals surface area contributed by atoms with Crippen molar-refractivity contribution < 1.29 is 36.2 Å². The molecule has 6 N–H and O–H groups in total. The van der Waals surface area contributed by atoms with Crippen molar-refractivity contribution in [3.05, 3.63) is 115 Å². The maximum Gasteiger partial charge on any atom is 0.296 e.